The maximum absolute atomic E-state index is 12.9. The van der Waals surface area contributed by atoms with Crippen LogP contribution in [0.4, 0.5) is 24.9 Å². The van der Waals surface area contributed by atoms with Crippen molar-refractivity contribution in [3.05, 3.63) is 54.1 Å². The van der Waals surface area contributed by atoms with Gasteiger partial charge in [-0.1, -0.05) is 18.2 Å². The lowest BCUT2D eigenvalue weighted by atomic mass is 9.82. The number of nitrogens with zero attached hydrogens (tertiary/aromatic N) is 3. The number of hydrogen-bond acceptors (Lipinski definition) is 6. The van der Waals surface area contributed by atoms with Crippen molar-refractivity contribution < 1.29 is 21.6 Å². The summed E-state index contributed by atoms with van der Waals surface area (Å²) in [5, 5.41) is 4.35. The molecule has 1 heterocycles. The minimum atomic E-state index is -4.59. The van der Waals surface area contributed by atoms with Crippen molar-refractivity contribution >= 4 is 32.7 Å². The third kappa shape index (κ3) is 6.25. The predicted octanol–water partition coefficient (Wildman–Crippen LogP) is 4.91. The lowest BCUT2D eigenvalue weighted by Crippen LogP contribution is -2.32. The van der Waals surface area contributed by atoms with Crippen LogP contribution in [0.15, 0.2) is 53.4 Å². The van der Waals surface area contributed by atoms with Gasteiger partial charge in [0.05, 0.1) is 16.0 Å². The van der Waals surface area contributed by atoms with Gasteiger partial charge in [-0.2, -0.15) is 18.2 Å². The Morgan fingerprint density at radius 2 is 1.61 bits per heavy atom. The number of anilines is 2. The monoisotopic (exact) mass is 521 g/mol. The van der Waals surface area contributed by atoms with E-state index >= 15 is 0 Å². The molecule has 0 radical (unpaired) electrons. The quantitative estimate of drug-likeness (QED) is 0.438. The van der Waals surface area contributed by atoms with E-state index in [0.29, 0.717) is 24.5 Å². The third-order valence-corrected chi connectivity index (χ3v) is 7.98. The van der Waals surface area contributed by atoms with E-state index in [-0.39, 0.29) is 17.4 Å². The van der Waals surface area contributed by atoms with Crippen LogP contribution in [-0.4, -0.2) is 45.6 Å². The summed E-state index contributed by atoms with van der Waals surface area (Å²) in [4.78, 5) is 10.9. The fraction of sp³-hybridized carbons (Fsp3) is 0.440. The molecule has 7 nitrogen and oxygen atoms in total. The first-order valence-electron chi connectivity index (χ1n) is 11.9. The number of para-hydroxylation sites is 1. The van der Waals surface area contributed by atoms with Crippen LogP contribution in [0.3, 0.4) is 0 Å². The van der Waals surface area contributed by atoms with Crippen LogP contribution in [0.5, 0.6) is 0 Å². The van der Waals surface area contributed by atoms with Crippen LogP contribution < -0.4 is 14.9 Å². The van der Waals surface area contributed by atoms with Crippen molar-refractivity contribution in [2.45, 2.75) is 36.8 Å². The number of halogens is 3. The largest absolute Gasteiger partial charge is 0.416 e. The Kier molecular flexibility index (Phi) is 7.70. The summed E-state index contributed by atoms with van der Waals surface area (Å²) >= 11 is 0. The molecule has 0 amide bonds. The first-order chi connectivity index (χ1) is 17.0. The number of aromatic nitrogens is 2. The van der Waals surface area contributed by atoms with E-state index in [4.69, 9.17) is 0 Å². The van der Waals surface area contributed by atoms with Gasteiger partial charge < -0.3 is 10.2 Å². The minimum Gasteiger partial charge on any atom is -0.362 e. The van der Waals surface area contributed by atoms with Crippen molar-refractivity contribution in [3.63, 3.8) is 0 Å². The molecule has 2 N–H and O–H groups in total. The van der Waals surface area contributed by atoms with Crippen LogP contribution in [-0.2, 0) is 16.2 Å². The molecular weight excluding hydrogens is 491 g/mol. The number of alkyl halides is 3. The molecule has 1 aromatic heterocycles. The Balaban J connectivity index is 1.29. The molecule has 1 fully saturated rings. The van der Waals surface area contributed by atoms with Gasteiger partial charge in [-0.15, -0.1) is 0 Å². The minimum absolute atomic E-state index is 0.138. The van der Waals surface area contributed by atoms with E-state index in [1.54, 1.807) is 0 Å². The third-order valence-electron chi connectivity index (χ3n) is 6.56. The van der Waals surface area contributed by atoms with Gasteiger partial charge in [-0.3, -0.25) is 0 Å². The highest BCUT2D eigenvalue weighted by Crippen LogP contribution is 2.32. The average Bonchev–Trinajstić information content (AvgIpc) is 2.86. The van der Waals surface area contributed by atoms with Gasteiger partial charge in [0, 0.05) is 32.6 Å². The van der Waals surface area contributed by atoms with Crippen molar-refractivity contribution in [1.82, 2.24) is 14.7 Å². The van der Waals surface area contributed by atoms with Gasteiger partial charge in [-0.25, -0.2) is 18.1 Å². The number of fused-ring (bicyclic) bond motifs is 1. The molecule has 0 spiro atoms. The summed E-state index contributed by atoms with van der Waals surface area (Å²) < 4.78 is 66.4. The van der Waals surface area contributed by atoms with Crippen molar-refractivity contribution in [2.24, 2.45) is 11.8 Å². The molecule has 36 heavy (non-hydrogen) atoms. The normalized spacial score (nSPS) is 18.8. The number of benzene rings is 2. The van der Waals surface area contributed by atoms with E-state index in [0.717, 1.165) is 54.5 Å². The van der Waals surface area contributed by atoms with Gasteiger partial charge in [-0.05, 0) is 67.9 Å². The molecule has 0 aliphatic heterocycles. The number of hydrogen-bond donors (Lipinski definition) is 2. The number of sulfonamides is 1. The molecule has 0 atom stereocenters. The first-order valence-corrected chi connectivity index (χ1v) is 13.4. The molecule has 1 aliphatic carbocycles. The number of rotatable bonds is 8. The second-order valence-electron chi connectivity index (χ2n) is 9.43. The standard InChI is InChI=1S/C25H30F3N5O2S/c1-33(2)23-21-8-3-4-9-22(21)31-24(32-23)29-15-17-10-12-18(13-11-17)16-30-36(34,35)20-7-5-6-19(14-20)25(26,27)28/h3-9,14,17-18,30H,10-13,15-16H2,1-2H3,(H,29,31,32)/t17-,18-. The van der Waals surface area contributed by atoms with Gasteiger partial charge in [0.25, 0.3) is 0 Å². The molecular formula is C25H30F3N5O2S. The Morgan fingerprint density at radius 3 is 2.28 bits per heavy atom. The molecule has 194 valence electrons. The lowest BCUT2D eigenvalue weighted by molar-refractivity contribution is -0.137. The van der Waals surface area contributed by atoms with E-state index in [1.807, 2.05) is 43.3 Å². The van der Waals surface area contributed by atoms with Crippen LogP contribution in [0.2, 0.25) is 0 Å². The highest BCUT2D eigenvalue weighted by atomic mass is 32.2. The van der Waals surface area contributed by atoms with E-state index < -0.39 is 21.8 Å². The van der Waals surface area contributed by atoms with Crippen molar-refractivity contribution in [1.29, 1.82) is 0 Å². The van der Waals surface area contributed by atoms with E-state index in [2.05, 4.69) is 20.0 Å². The molecule has 0 saturated heterocycles. The maximum Gasteiger partial charge on any atom is 0.416 e. The molecule has 4 rings (SSSR count). The van der Waals surface area contributed by atoms with Crippen molar-refractivity contribution in [3.8, 4) is 0 Å². The second-order valence-corrected chi connectivity index (χ2v) is 11.2. The highest BCUT2D eigenvalue weighted by Gasteiger charge is 2.32. The molecule has 1 saturated carbocycles. The Bertz CT molecular complexity index is 1310. The zero-order chi connectivity index (χ0) is 25.9. The SMILES string of the molecule is CN(C)c1nc(NC[C@H]2CC[C@H](CNS(=O)(=O)c3cccc(C(F)(F)F)c3)CC2)nc2ccccc12. The zero-order valence-electron chi connectivity index (χ0n) is 20.2. The fourth-order valence-corrected chi connectivity index (χ4v) is 5.67. The smallest absolute Gasteiger partial charge is 0.362 e. The molecule has 0 bridgehead atoms. The number of nitrogens with one attached hydrogen (secondary N) is 2. The lowest BCUT2D eigenvalue weighted by Gasteiger charge is -2.28. The Labute approximate surface area is 209 Å². The molecule has 2 aromatic carbocycles. The van der Waals surface area contributed by atoms with Crippen LogP contribution in [0.25, 0.3) is 10.9 Å². The van der Waals surface area contributed by atoms with Crippen LogP contribution in [0.1, 0.15) is 31.2 Å². The van der Waals surface area contributed by atoms with E-state index in [9.17, 15) is 21.6 Å². The molecule has 3 aromatic rings. The predicted molar refractivity (Wildman–Crippen MR) is 134 cm³/mol. The molecule has 11 heteroatoms. The van der Waals surface area contributed by atoms with Gasteiger partial charge in [0.15, 0.2) is 0 Å². The van der Waals surface area contributed by atoms with E-state index in [1.165, 1.54) is 6.07 Å². The first kappa shape index (κ1) is 26.2. The van der Waals surface area contributed by atoms with Crippen LogP contribution in [0, 0.1) is 11.8 Å². The second kappa shape index (κ2) is 10.6. The maximum atomic E-state index is 12.9. The van der Waals surface area contributed by atoms with Gasteiger partial charge in [0.1, 0.15) is 5.82 Å². The summed E-state index contributed by atoms with van der Waals surface area (Å²) in [5.41, 5.74) is -0.109. The van der Waals surface area contributed by atoms with Crippen molar-refractivity contribution in [2.75, 3.05) is 37.4 Å². The van der Waals surface area contributed by atoms with Gasteiger partial charge >= 0.3 is 6.18 Å². The summed E-state index contributed by atoms with van der Waals surface area (Å²) in [6, 6.07) is 11.7. The molecule has 0 unspecified atom stereocenters. The highest BCUT2D eigenvalue weighted by molar-refractivity contribution is 7.89. The summed E-state index contributed by atoms with van der Waals surface area (Å²) in [7, 11) is -0.123. The summed E-state index contributed by atoms with van der Waals surface area (Å²) in [5.74, 6) is 1.96. The Hall–Kier alpha value is -2.92. The summed E-state index contributed by atoms with van der Waals surface area (Å²) in [6.07, 6.45) is -1.10. The summed E-state index contributed by atoms with van der Waals surface area (Å²) in [6.45, 7) is 0.923. The average molecular weight is 522 g/mol. The van der Waals surface area contributed by atoms with Gasteiger partial charge in [0.2, 0.25) is 16.0 Å². The van der Waals surface area contributed by atoms with Crippen LogP contribution >= 0.6 is 0 Å². The fourth-order valence-electron chi connectivity index (χ4n) is 4.51. The Morgan fingerprint density at radius 1 is 0.944 bits per heavy atom. The topological polar surface area (TPSA) is 87.2 Å². The zero-order valence-corrected chi connectivity index (χ0v) is 21.0. The molecule has 1 aliphatic rings.